The third kappa shape index (κ3) is 5.32. The lowest BCUT2D eigenvalue weighted by Crippen LogP contribution is -2.21. The van der Waals surface area contributed by atoms with E-state index >= 15 is 0 Å². The van der Waals surface area contributed by atoms with Gasteiger partial charge in [0.1, 0.15) is 11.9 Å². The number of aromatic nitrogens is 2. The molecule has 0 fully saturated rings. The molecule has 0 radical (unpaired) electrons. The Labute approximate surface area is 105 Å². The van der Waals surface area contributed by atoms with E-state index in [2.05, 4.69) is 15.3 Å². The van der Waals surface area contributed by atoms with Crippen molar-refractivity contribution in [1.82, 2.24) is 15.3 Å². The topological polar surface area (TPSA) is 75.1 Å². The molecule has 0 aromatic carbocycles. The summed E-state index contributed by atoms with van der Waals surface area (Å²) in [6, 6.07) is 0. The summed E-state index contributed by atoms with van der Waals surface area (Å²) in [6.45, 7) is 0.190. The average molecular weight is 281 g/mol. The molecule has 0 amide bonds. The van der Waals surface area contributed by atoms with E-state index in [0.29, 0.717) is 0 Å². The normalized spacial score (nSPS) is 11.5. The van der Waals surface area contributed by atoms with Crippen molar-refractivity contribution in [2.75, 3.05) is 12.3 Å². The highest BCUT2D eigenvalue weighted by atomic mass is 32.2. The molecule has 0 aliphatic carbocycles. The summed E-state index contributed by atoms with van der Waals surface area (Å²) >= 11 is -0.132. The molecule has 18 heavy (non-hydrogen) atoms. The Morgan fingerprint density at radius 1 is 1.50 bits per heavy atom. The fraction of sp³-hybridized carbons (Fsp3) is 0.444. The molecule has 1 aromatic heterocycles. The molecule has 2 N–H and O–H groups in total. The van der Waals surface area contributed by atoms with Crippen molar-refractivity contribution < 1.29 is 23.1 Å². The zero-order chi connectivity index (χ0) is 13.6. The molecule has 1 aromatic rings. The predicted molar refractivity (Wildman–Crippen MR) is 59.2 cm³/mol. The van der Waals surface area contributed by atoms with E-state index < -0.39 is 11.5 Å². The first-order chi connectivity index (χ1) is 8.40. The maximum atomic E-state index is 11.8. The van der Waals surface area contributed by atoms with Crippen molar-refractivity contribution in [2.45, 2.75) is 12.1 Å². The summed E-state index contributed by atoms with van der Waals surface area (Å²) in [5.41, 5.74) is -4.06. The molecule has 0 unspecified atom stereocenters. The summed E-state index contributed by atoms with van der Waals surface area (Å²) in [4.78, 5) is 18.1. The SMILES string of the molecule is O=C(O)c1cncnc1CNCCSC(F)(F)F. The van der Waals surface area contributed by atoms with E-state index in [-0.39, 0.29) is 41.9 Å². The number of carbonyl (C=O) groups is 1. The van der Waals surface area contributed by atoms with Gasteiger partial charge in [-0.25, -0.2) is 14.8 Å². The monoisotopic (exact) mass is 281 g/mol. The fourth-order valence-corrected chi connectivity index (χ4v) is 1.60. The van der Waals surface area contributed by atoms with Crippen LogP contribution >= 0.6 is 11.8 Å². The summed E-state index contributed by atoms with van der Waals surface area (Å²) in [5.74, 6) is -1.31. The van der Waals surface area contributed by atoms with Gasteiger partial charge >= 0.3 is 11.5 Å². The van der Waals surface area contributed by atoms with Crippen LogP contribution in [0.3, 0.4) is 0 Å². The lowest BCUT2D eigenvalue weighted by Gasteiger charge is -2.07. The fourth-order valence-electron chi connectivity index (χ4n) is 1.12. The first-order valence-corrected chi connectivity index (χ1v) is 5.82. The second kappa shape index (κ2) is 6.55. The minimum absolute atomic E-state index is 0.0616. The van der Waals surface area contributed by atoms with Gasteiger partial charge in [-0.1, -0.05) is 0 Å². The third-order valence-electron chi connectivity index (χ3n) is 1.86. The molecule has 1 rings (SSSR count). The van der Waals surface area contributed by atoms with Crippen molar-refractivity contribution >= 4 is 17.7 Å². The maximum Gasteiger partial charge on any atom is 0.441 e. The average Bonchev–Trinajstić information content (AvgIpc) is 2.27. The number of aromatic carboxylic acids is 1. The van der Waals surface area contributed by atoms with E-state index in [4.69, 9.17) is 5.11 Å². The lowest BCUT2D eigenvalue weighted by atomic mass is 10.2. The second-order valence-corrected chi connectivity index (χ2v) is 4.32. The number of hydrogen-bond donors (Lipinski definition) is 2. The van der Waals surface area contributed by atoms with Crippen molar-refractivity contribution in [3.63, 3.8) is 0 Å². The molecule has 0 saturated heterocycles. The van der Waals surface area contributed by atoms with Gasteiger partial charge in [0, 0.05) is 25.0 Å². The Bertz CT molecular complexity index is 414. The highest BCUT2D eigenvalue weighted by molar-refractivity contribution is 8.00. The van der Waals surface area contributed by atoms with Crippen LogP contribution in [0.25, 0.3) is 0 Å². The highest BCUT2D eigenvalue weighted by Gasteiger charge is 2.27. The van der Waals surface area contributed by atoms with Gasteiger partial charge in [0.05, 0.1) is 5.69 Å². The van der Waals surface area contributed by atoms with Crippen molar-refractivity contribution in [3.8, 4) is 0 Å². The number of rotatable bonds is 6. The van der Waals surface area contributed by atoms with Crippen LogP contribution in [0.1, 0.15) is 16.1 Å². The Morgan fingerprint density at radius 3 is 2.83 bits per heavy atom. The van der Waals surface area contributed by atoms with Crippen molar-refractivity contribution in [3.05, 3.63) is 23.8 Å². The van der Waals surface area contributed by atoms with Crippen LogP contribution in [0, 0.1) is 0 Å². The van der Waals surface area contributed by atoms with Gasteiger partial charge in [-0.15, -0.1) is 0 Å². The number of carboxylic acid groups (broad SMARTS) is 1. The molecule has 0 aliphatic rings. The minimum atomic E-state index is -4.25. The molecule has 9 heteroatoms. The van der Waals surface area contributed by atoms with Gasteiger partial charge in [-0.05, 0) is 11.8 Å². The predicted octanol–water partition coefficient (Wildman–Crippen LogP) is 1.52. The molecule has 0 atom stereocenters. The Kier molecular flexibility index (Phi) is 5.35. The quantitative estimate of drug-likeness (QED) is 0.770. The standard InChI is InChI=1S/C9H10F3N3O2S/c10-9(11,12)18-2-1-13-4-7-6(8(16)17)3-14-5-15-7/h3,5,13H,1-2,4H2,(H,16,17). The molecular formula is C9H10F3N3O2S. The van der Waals surface area contributed by atoms with E-state index in [1.807, 2.05) is 0 Å². The number of hydrogen-bond acceptors (Lipinski definition) is 5. The van der Waals surface area contributed by atoms with Crippen LogP contribution in [0.5, 0.6) is 0 Å². The number of thioether (sulfide) groups is 1. The van der Waals surface area contributed by atoms with Crippen LogP contribution < -0.4 is 5.32 Å². The molecule has 0 bridgehead atoms. The molecule has 0 saturated carbocycles. The third-order valence-corrected chi connectivity index (χ3v) is 2.60. The summed E-state index contributed by atoms with van der Waals surface area (Å²) < 4.78 is 35.4. The molecule has 0 aliphatic heterocycles. The first kappa shape index (κ1) is 14.7. The smallest absolute Gasteiger partial charge is 0.441 e. The number of halogens is 3. The zero-order valence-electron chi connectivity index (χ0n) is 9.07. The van der Waals surface area contributed by atoms with E-state index in [1.165, 1.54) is 6.33 Å². The van der Waals surface area contributed by atoms with Gasteiger partial charge in [0.15, 0.2) is 0 Å². The van der Waals surface area contributed by atoms with E-state index in [9.17, 15) is 18.0 Å². The highest BCUT2D eigenvalue weighted by Crippen LogP contribution is 2.29. The number of nitrogens with zero attached hydrogens (tertiary/aromatic N) is 2. The first-order valence-electron chi connectivity index (χ1n) is 4.84. The van der Waals surface area contributed by atoms with E-state index in [1.54, 1.807) is 0 Å². The largest absolute Gasteiger partial charge is 0.478 e. The van der Waals surface area contributed by atoms with Crippen LogP contribution in [-0.2, 0) is 6.54 Å². The molecule has 1 heterocycles. The van der Waals surface area contributed by atoms with Gasteiger partial charge in [0.25, 0.3) is 0 Å². The minimum Gasteiger partial charge on any atom is -0.478 e. The van der Waals surface area contributed by atoms with Gasteiger partial charge in [-0.2, -0.15) is 13.2 Å². The molecule has 100 valence electrons. The van der Waals surface area contributed by atoms with Crippen LogP contribution in [0.2, 0.25) is 0 Å². The molecule has 5 nitrogen and oxygen atoms in total. The molecular weight excluding hydrogens is 271 g/mol. The molecule has 0 spiro atoms. The van der Waals surface area contributed by atoms with Gasteiger partial charge < -0.3 is 10.4 Å². The Morgan fingerprint density at radius 2 is 2.22 bits per heavy atom. The van der Waals surface area contributed by atoms with Gasteiger partial charge in [-0.3, -0.25) is 0 Å². The van der Waals surface area contributed by atoms with Gasteiger partial charge in [0.2, 0.25) is 0 Å². The van der Waals surface area contributed by atoms with Crippen LogP contribution in [0.4, 0.5) is 13.2 Å². The summed E-state index contributed by atoms with van der Waals surface area (Å²) in [5, 5.41) is 11.5. The zero-order valence-corrected chi connectivity index (χ0v) is 9.88. The van der Waals surface area contributed by atoms with Crippen LogP contribution in [-0.4, -0.2) is 38.8 Å². The lowest BCUT2D eigenvalue weighted by molar-refractivity contribution is -0.0327. The second-order valence-electron chi connectivity index (χ2n) is 3.16. The number of carboxylic acids is 1. The van der Waals surface area contributed by atoms with E-state index in [0.717, 1.165) is 6.20 Å². The Hall–Kier alpha value is -1.35. The number of alkyl halides is 3. The summed E-state index contributed by atoms with van der Waals surface area (Å²) in [7, 11) is 0. The Balaban J connectivity index is 2.38. The summed E-state index contributed by atoms with van der Waals surface area (Å²) in [6.07, 6.45) is 2.34. The van der Waals surface area contributed by atoms with Crippen molar-refractivity contribution in [2.24, 2.45) is 0 Å². The number of nitrogens with one attached hydrogen (secondary N) is 1. The van der Waals surface area contributed by atoms with Crippen LogP contribution in [0.15, 0.2) is 12.5 Å². The van der Waals surface area contributed by atoms with Crippen molar-refractivity contribution in [1.29, 1.82) is 0 Å². The maximum absolute atomic E-state index is 11.8.